The number of methoxy groups -OCH3 is 1. The van der Waals surface area contributed by atoms with Crippen LogP contribution in [0.2, 0.25) is 0 Å². The molecule has 0 aliphatic heterocycles. The molecule has 1 aromatic rings. The summed E-state index contributed by atoms with van der Waals surface area (Å²) in [6.07, 6.45) is 0.427. The van der Waals surface area contributed by atoms with Gasteiger partial charge in [-0.3, -0.25) is 4.79 Å². The van der Waals surface area contributed by atoms with Crippen molar-refractivity contribution >= 4 is 5.91 Å². The number of carbonyl (C=O) groups excluding carboxylic acids is 1. The first-order valence-electron chi connectivity index (χ1n) is 6.92. The molecule has 114 valence electrons. The Morgan fingerprint density at radius 1 is 1.43 bits per heavy atom. The standard InChI is InChI=1S/C17H23NO3/c1-13-14(8-5-6-11-19)9-7-10-15(13)16(20)18-17(2,3)12-21-4/h7,9-10,19H,6,11-12H2,1-4H3,(H,18,20). The van der Waals surface area contributed by atoms with Gasteiger partial charge in [0.15, 0.2) is 0 Å². The number of benzene rings is 1. The van der Waals surface area contributed by atoms with Crippen LogP contribution in [-0.2, 0) is 4.74 Å². The first-order valence-corrected chi connectivity index (χ1v) is 6.92. The molecule has 0 bridgehead atoms. The van der Waals surface area contributed by atoms with E-state index in [1.165, 1.54) is 0 Å². The van der Waals surface area contributed by atoms with E-state index in [-0.39, 0.29) is 12.5 Å². The van der Waals surface area contributed by atoms with Crippen LogP contribution >= 0.6 is 0 Å². The number of hydrogen-bond donors (Lipinski definition) is 2. The number of carbonyl (C=O) groups is 1. The summed E-state index contributed by atoms with van der Waals surface area (Å²) in [5.74, 6) is 5.72. The molecular weight excluding hydrogens is 266 g/mol. The van der Waals surface area contributed by atoms with E-state index in [1.54, 1.807) is 13.2 Å². The van der Waals surface area contributed by atoms with Crippen LogP contribution in [0.3, 0.4) is 0 Å². The van der Waals surface area contributed by atoms with E-state index < -0.39 is 5.54 Å². The monoisotopic (exact) mass is 289 g/mol. The maximum atomic E-state index is 12.4. The third kappa shape index (κ3) is 5.22. The molecule has 1 rings (SSSR count). The van der Waals surface area contributed by atoms with E-state index in [0.717, 1.165) is 11.1 Å². The molecule has 0 unspecified atom stereocenters. The molecular formula is C17H23NO3. The highest BCUT2D eigenvalue weighted by molar-refractivity contribution is 5.96. The Hall–Kier alpha value is -1.83. The van der Waals surface area contributed by atoms with Gasteiger partial charge in [-0.05, 0) is 38.5 Å². The summed E-state index contributed by atoms with van der Waals surface area (Å²) in [5, 5.41) is 11.7. The average molecular weight is 289 g/mol. The fourth-order valence-electron chi connectivity index (χ4n) is 2.00. The third-order valence-electron chi connectivity index (χ3n) is 3.00. The van der Waals surface area contributed by atoms with Crippen molar-refractivity contribution in [1.29, 1.82) is 0 Å². The molecule has 0 aliphatic carbocycles. The van der Waals surface area contributed by atoms with Gasteiger partial charge in [0, 0.05) is 24.7 Å². The summed E-state index contributed by atoms with van der Waals surface area (Å²) >= 11 is 0. The molecule has 0 aliphatic rings. The van der Waals surface area contributed by atoms with Gasteiger partial charge in [0.05, 0.1) is 18.8 Å². The van der Waals surface area contributed by atoms with Gasteiger partial charge in [0.2, 0.25) is 0 Å². The minimum absolute atomic E-state index is 0.0391. The lowest BCUT2D eigenvalue weighted by Gasteiger charge is -2.25. The van der Waals surface area contributed by atoms with Crippen LogP contribution in [0.4, 0.5) is 0 Å². The number of nitrogens with one attached hydrogen (secondary N) is 1. The molecule has 1 aromatic carbocycles. The normalized spacial score (nSPS) is 10.7. The van der Waals surface area contributed by atoms with Gasteiger partial charge in [-0.2, -0.15) is 0 Å². The Morgan fingerprint density at radius 3 is 2.76 bits per heavy atom. The first-order chi connectivity index (χ1) is 9.91. The quantitative estimate of drug-likeness (QED) is 0.814. The second-order valence-electron chi connectivity index (χ2n) is 5.52. The van der Waals surface area contributed by atoms with E-state index in [9.17, 15) is 4.79 Å². The molecule has 21 heavy (non-hydrogen) atoms. The Labute approximate surface area is 126 Å². The lowest BCUT2D eigenvalue weighted by Crippen LogP contribution is -2.47. The van der Waals surface area contributed by atoms with Gasteiger partial charge >= 0.3 is 0 Å². The Morgan fingerprint density at radius 2 is 2.14 bits per heavy atom. The number of ether oxygens (including phenoxy) is 1. The fraction of sp³-hybridized carbons (Fsp3) is 0.471. The van der Waals surface area contributed by atoms with E-state index in [4.69, 9.17) is 9.84 Å². The lowest BCUT2D eigenvalue weighted by atomic mass is 10.00. The van der Waals surface area contributed by atoms with Crippen molar-refractivity contribution in [3.63, 3.8) is 0 Å². The highest BCUT2D eigenvalue weighted by Crippen LogP contribution is 2.14. The lowest BCUT2D eigenvalue weighted by molar-refractivity contribution is 0.0819. The van der Waals surface area contributed by atoms with Gasteiger partial charge < -0.3 is 15.2 Å². The van der Waals surface area contributed by atoms with Gasteiger partial charge in [-0.1, -0.05) is 17.9 Å². The van der Waals surface area contributed by atoms with Crippen molar-refractivity contribution < 1.29 is 14.6 Å². The summed E-state index contributed by atoms with van der Waals surface area (Å²) < 4.78 is 5.10. The molecule has 0 atom stereocenters. The van der Waals surface area contributed by atoms with E-state index in [2.05, 4.69) is 17.2 Å². The minimum Gasteiger partial charge on any atom is -0.395 e. The predicted molar refractivity (Wildman–Crippen MR) is 83.2 cm³/mol. The zero-order chi connectivity index (χ0) is 15.9. The van der Waals surface area contributed by atoms with Crippen molar-refractivity contribution in [2.24, 2.45) is 0 Å². The third-order valence-corrected chi connectivity index (χ3v) is 3.00. The van der Waals surface area contributed by atoms with E-state index in [1.807, 2.05) is 32.9 Å². The zero-order valence-electron chi connectivity index (χ0n) is 13.1. The van der Waals surface area contributed by atoms with Crippen LogP contribution in [0, 0.1) is 18.8 Å². The Bertz CT molecular complexity index is 553. The van der Waals surface area contributed by atoms with Crippen LogP contribution in [0.1, 0.15) is 41.8 Å². The van der Waals surface area contributed by atoms with Gasteiger partial charge in [-0.25, -0.2) is 0 Å². The molecule has 1 amide bonds. The number of aliphatic hydroxyl groups excluding tert-OH is 1. The number of rotatable bonds is 5. The predicted octanol–water partition coefficient (Wildman–Crippen LogP) is 1.88. The maximum Gasteiger partial charge on any atom is 0.252 e. The summed E-state index contributed by atoms with van der Waals surface area (Å²) in [6, 6.07) is 5.47. The van der Waals surface area contributed by atoms with Gasteiger partial charge in [0.1, 0.15) is 0 Å². The SMILES string of the molecule is COCC(C)(C)NC(=O)c1cccc(C#CCCO)c1C. The van der Waals surface area contributed by atoms with Crippen molar-refractivity contribution in [2.45, 2.75) is 32.7 Å². The molecule has 0 spiro atoms. The minimum atomic E-state index is -0.434. The fourth-order valence-corrected chi connectivity index (χ4v) is 2.00. The summed E-state index contributed by atoms with van der Waals surface area (Å²) in [5.41, 5.74) is 1.82. The summed E-state index contributed by atoms with van der Waals surface area (Å²) in [4.78, 5) is 12.4. The van der Waals surface area contributed by atoms with Crippen molar-refractivity contribution in [1.82, 2.24) is 5.32 Å². The van der Waals surface area contributed by atoms with E-state index in [0.29, 0.717) is 18.6 Å². The van der Waals surface area contributed by atoms with Crippen LogP contribution in [0.5, 0.6) is 0 Å². The van der Waals surface area contributed by atoms with Crippen molar-refractivity contribution in [3.8, 4) is 11.8 Å². The molecule has 4 nitrogen and oxygen atoms in total. The molecule has 0 aromatic heterocycles. The molecule has 0 heterocycles. The molecule has 0 saturated carbocycles. The smallest absolute Gasteiger partial charge is 0.252 e. The van der Waals surface area contributed by atoms with Crippen LogP contribution < -0.4 is 5.32 Å². The topological polar surface area (TPSA) is 58.6 Å². The second kappa shape index (κ2) is 7.82. The average Bonchev–Trinajstić information content (AvgIpc) is 2.40. The zero-order valence-corrected chi connectivity index (χ0v) is 13.1. The second-order valence-corrected chi connectivity index (χ2v) is 5.52. The molecule has 0 saturated heterocycles. The van der Waals surface area contributed by atoms with Crippen LogP contribution in [0.25, 0.3) is 0 Å². The summed E-state index contributed by atoms with van der Waals surface area (Å²) in [6.45, 7) is 6.18. The number of hydrogen-bond acceptors (Lipinski definition) is 3. The number of aliphatic hydroxyl groups is 1. The highest BCUT2D eigenvalue weighted by atomic mass is 16.5. The van der Waals surface area contributed by atoms with Crippen molar-refractivity contribution in [3.05, 3.63) is 34.9 Å². The Kier molecular flexibility index (Phi) is 6.41. The van der Waals surface area contributed by atoms with Crippen molar-refractivity contribution in [2.75, 3.05) is 20.3 Å². The Balaban J connectivity index is 2.96. The highest BCUT2D eigenvalue weighted by Gasteiger charge is 2.22. The molecule has 0 radical (unpaired) electrons. The largest absolute Gasteiger partial charge is 0.395 e. The molecule has 4 heteroatoms. The number of amides is 1. The summed E-state index contributed by atoms with van der Waals surface area (Å²) in [7, 11) is 1.61. The van der Waals surface area contributed by atoms with Gasteiger partial charge in [0.25, 0.3) is 5.91 Å². The van der Waals surface area contributed by atoms with Crippen LogP contribution in [-0.4, -0.2) is 36.9 Å². The van der Waals surface area contributed by atoms with Gasteiger partial charge in [-0.15, -0.1) is 0 Å². The first kappa shape index (κ1) is 17.2. The van der Waals surface area contributed by atoms with E-state index >= 15 is 0 Å². The molecule has 0 fully saturated rings. The van der Waals surface area contributed by atoms with Crippen LogP contribution in [0.15, 0.2) is 18.2 Å². The molecule has 2 N–H and O–H groups in total. The maximum absolute atomic E-state index is 12.4.